The van der Waals surface area contributed by atoms with Crippen molar-refractivity contribution in [3.05, 3.63) is 34.9 Å². The van der Waals surface area contributed by atoms with Gasteiger partial charge >= 0.3 is 6.09 Å². The molecule has 0 aliphatic carbocycles. The van der Waals surface area contributed by atoms with Crippen LogP contribution in [0.15, 0.2) is 24.3 Å². The van der Waals surface area contributed by atoms with Gasteiger partial charge in [0.25, 0.3) is 0 Å². The van der Waals surface area contributed by atoms with Gasteiger partial charge < -0.3 is 4.74 Å². The van der Waals surface area contributed by atoms with Gasteiger partial charge in [-0.2, -0.15) is 5.48 Å². The second-order valence-electron chi connectivity index (χ2n) is 2.70. The van der Waals surface area contributed by atoms with E-state index in [4.69, 9.17) is 16.4 Å². The van der Waals surface area contributed by atoms with Gasteiger partial charge in [0.2, 0.25) is 0 Å². The van der Waals surface area contributed by atoms with Crippen LogP contribution in [0.5, 0.6) is 0 Å². The Morgan fingerprint density at radius 1 is 1.47 bits per heavy atom. The molecule has 0 bridgehead atoms. The van der Waals surface area contributed by atoms with E-state index in [1.54, 1.807) is 13.0 Å². The first kappa shape index (κ1) is 11.8. The molecule has 0 unspecified atom stereocenters. The minimum absolute atomic E-state index is 0.207. The highest BCUT2D eigenvalue weighted by molar-refractivity contribution is 6.31. The molecule has 15 heavy (non-hydrogen) atoms. The third-order valence-electron chi connectivity index (χ3n) is 1.62. The highest BCUT2D eigenvalue weighted by Crippen LogP contribution is 2.14. The Hall–Kier alpha value is -1.26. The Morgan fingerprint density at radius 3 is 2.87 bits per heavy atom. The van der Waals surface area contributed by atoms with Crippen LogP contribution in [0.3, 0.4) is 0 Å². The van der Waals surface area contributed by atoms with Crippen molar-refractivity contribution < 1.29 is 14.4 Å². The molecule has 0 radical (unpaired) electrons. The topological polar surface area (TPSA) is 47.6 Å². The van der Waals surface area contributed by atoms with E-state index in [0.29, 0.717) is 11.6 Å². The second kappa shape index (κ2) is 6.27. The molecular formula is C10H12ClNO3. The summed E-state index contributed by atoms with van der Waals surface area (Å²) in [7, 11) is 0. The number of hydrogen-bond acceptors (Lipinski definition) is 3. The van der Waals surface area contributed by atoms with Crippen LogP contribution >= 0.6 is 11.6 Å². The van der Waals surface area contributed by atoms with E-state index in [9.17, 15) is 4.79 Å². The number of amides is 1. The highest BCUT2D eigenvalue weighted by atomic mass is 35.5. The molecule has 0 saturated heterocycles. The Balaban J connectivity index is 2.32. The van der Waals surface area contributed by atoms with Gasteiger partial charge in [-0.05, 0) is 18.6 Å². The van der Waals surface area contributed by atoms with Gasteiger partial charge in [-0.3, -0.25) is 4.84 Å². The summed E-state index contributed by atoms with van der Waals surface area (Å²) in [5.41, 5.74) is 2.94. The molecule has 0 atom stereocenters. The molecule has 0 aromatic heterocycles. The standard InChI is InChI=1S/C10H12ClNO3/c1-2-14-10(13)12-15-7-8-5-3-4-6-9(8)11/h3-6H,2,7H2,1H3,(H,12,13). The normalized spacial score (nSPS) is 9.73. The van der Waals surface area contributed by atoms with E-state index in [1.165, 1.54) is 0 Å². The van der Waals surface area contributed by atoms with Crippen molar-refractivity contribution in [1.82, 2.24) is 5.48 Å². The van der Waals surface area contributed by atoms with Crippen LogP contribution in [0.2, 0.25) is 5.02 Å². The lowest BCUT2D eigenvalue weighted by atomic mass is 10.2. The molecule has 4 nitrogen and oxygen atoms in total. The van der Waals surface area contributed by atoms with Gasteiger partial charge in [0.15, 0.2) is 0 Å². The molecule has 0 aliphatic heterocycles. The number of hydrogen-bond donors (Lipinski definition) is 1. The molecule has 0 fully saturated rings. The number of nitrogens with one attached hydrogen (secondary N) is 1. The Bertz CT molecular complexity index is 330. The zero-order valence-corrected chi connectivity index (χ0v) is 9.08. The van der Waals surface area contributed by atoms with E-state index in [-0.39, 0.29) is 6.61 Å². The summed E-state index contributed by atoms with van der Waals surface area (Å²) in [6.45, 7) is 2.23. The lowest BCUT2D eigenvalue weighted by molar-refractivity contribution is 0.0199. The van der Waals surface area contributed by atoms with Gasteiger partial charge in [0.1, 0.15) is 6.61 Å². The zero-order valence-electron chi connectivity index (χ0n) is 8.33. The number of benzene rings is 1. The first-order chi connectivity index (χ1) is 7.24. The number of rotatable bonds is 4. The largest absolute Gasteiger partial charge is 0.448 e. The first-order valence-corrected chi connectivity index (χ1v) is 4.89. The van der Waals surface area contributed by atoms with Crippen LogP contribution in [-0.2, 0) is 16.2 Å². The van der Waals surface area contributed by atoms with Crippen LogP contribution in [0.1, 0.15) is 12.5 Å². The average Bonchev–Trinajstić information content (AvgIpc) is 2.21. The number of ether oxygens (including phenoxy) is 1. The predicted molar refractivity (Wildman–Crippen MR) is 56.4 cm³/mol. The molecule has 0 saturated carbocycles. The van der Waals surface area contributed by atoms with E-state index in [2.05, 4.69) is 10.2 Å². The summed E-state index contributed by atoms with van der Waals surface area (Å²) in [4.78, 5) is 15.7. The van der Waals surface area contributed by atoms with Crippen molar-refractivity contribution in [1.29, 1.82) is 0 Å². The van der Waals surface area contributed by atoms with E-state index < -0.39 is 6.09 Å². The van der Waals surface area contributed by atoms with E-state index in [1.807, 2.05) is 18.2 Å². The maximum Gasteiger partial charge on any atom is 0.431 e. The molecule has 5 heteroatoms. The van der Waals surface area contributed by atoms with Crippen molar-refractivity contribution in [2.24, 2.45) is 0 Å². The second-order valence-corrected chi connectivity index (χ2v) is 3.11. The van der Waals surface area contributed by atoms with Crippen molar-refractivity contribution in [2.45, 2.75) is 13.5 Å². The fourth-order valence-electron chi connectivity index (χ4n) is 0.949. The average molecular weight is 230 g/mol. The van der Waals surface area contributed by atoms with Gasteiger partial charge in [-0.25, -0.2) is 4.79 Å². The van der Waals surface area contributed by atoms with Gasteiger partial charge in [-0.15, -0.1) is 0 Å². The minimum Gasteiger partial charge on any atom is -0.448 e. The van der Waals surface area contributed by atoms with Crippen molar-refractivity contribution in [3.63, 3.8) is 0 Å². The summed E-state index contributed by atoms with van der Waals surface area (Å²) in [6, 6.07) is 7.24. The van der Waals surface area contributed by atoms with Crippen LogP contribution in [0, 0.1) is 0 Å². The molecule has 0 spiro atoms. The van der Waals surface area contributed by atoms with Crippen molar-refractivity contribution >= 4 is 17.7 Å². The third-order valence-corrected chi connectivity index (χ3v) is 1.99. The quantitative estimate of drug-likeness (QED) is 0.807. The number of carbonyl (C=O) groups excluding carboxylic acids is 1. The molecule has 82 valence electrons. The first-order valence-electron chi connectivity index (χ1n) is 4.52. The smallest absolute Gasteiger partial charge is 0.431 e. The molecule has 1 amide bonds. The fourth-order valence-corrected chi connectivity index (χ4v) is 1.14. The summed E-state index contributed by atoms with van der Waals surface area (Å²) in [5.74, 6) is 0. The zero-order chi connectivity index (χ0) is 11.1. The van der Waals surface area contributed by atoms with E-state index >= 15 is 0 Å². The van der Waals surface area contributed by atoms with Crippen LogP contribution in [-0.4, -0.2) is 12.7 Å². The molecule has 1 aromatic carbocycles. The Kier molecular flexibility index (Phi) is 4.93. The van der Waals surface area contributed by atoms with Crippen LogP contribution < -0.4 is 5.48 Å². The van der Waals surface area contributed by atoms with Crippen molar-refractivity contribution in [3.8, 4) is 0 Å². The lowest BCUT2D eigenvalue weighted by Gasteiger charge is -2.06. The summed E-state index contributed by atoms with van der Waals surface area (Å²) in [5, 5.41) is 0.600. The number of halogens is 1. The molecule has 1 rings (SSSR count). The lowest BCUT2D eigenvalue weighted by Crippen LogP contribution is -2.24. The maximum absolute atomic E-state index is 10.8. The highest BCUT2D eigenvalue weighted by Gasteiger charge is 2.02. The summed E-state index contributed by atoms with van der Waals surface area (Å²) >= 11 is 5.88. The van der Waals surface area contributed by atoms with Gasteiger partial charge in [-0.1, -0.05) is 29.8 Å². The van der Waals surface area contributed by atoms with Crippen LogP contribution in [0.25, 0.3) is 0 Å². The predicted octanol–water partition coefficient (Wildman–Crippen LogP) is 2.52. The van der Waals surface area contributed by atoms with Crippen molar-refractivity contribution in [2.75, 3.05) is 6.61 Å². The molecule has 1 N–H and O–H groups in total. The fraction of sp³-hybridized carbons (Fsp3) is 0.300. The molecular weight excluding hydrogens is 218 g/mol. The Labute approximate surface area is 93.1 Å². The monoisotopic (exact) mass is 229 g/mol. The SMILES string of the molecule is CCOC(=O)NOCc1ccccc1Cl. The van der Waals surface area contributed by atoms with Gasteiger partial charge in [0, 0.05) is 5.02 Å². The van der Waals surface area contributed by atoms with E-state index in [0.717, 1.165) is 5.56 Å². The van der Waals surface area contributed by atoms with Crippen LogP contribution in [0.4, 0.5) is 4.79 Å². The molecule has 0 aliphatic rings. The molecule has 1 aromatic rings. The van der Waals surface area contributed by atoms with Gasteiger partial charge in [0.05, 0.1) is 6.61 Å². The Morgan fingerprint density at radius 2 is 2.20 bits per heavy atom. The number of hydroxylamine groups is 1. The summed E-state index contributed by atoms with van der Waals surface area (Å²) in [6.07, 6.45) is -0.607. The molecule has 0 heterocycles. The maximum atomic E-state index is 10.8. The minimum atomic E-state index is -0.607. The third kappa shape index (κ3) is 4.18. The number of carbonyl (C=O) groups is 1. The summed E-state index contributed by atoms with van der Waals surface area (Å²) < 4.78 is 4.60.